The molecule has 2 N–H and O–H groups in total. The quantitative estimate of drug-likeness (QED) is 0.474. The van der Waals surface area contributed by atoms with E-state index in [9.17, 15) is 14.9 Å². The second-order valence-electron chi connectivity index (χ2n) is 7.13. The van der Waals surface area contributed by atoms with E-state index in [2.05, 4.69) is 15.7 Å². The fraction of sp³-hybridized carbons (Fsp3) is 0.238. The molecule has 1 aromatic heterocycles. The van der Waals surface area contributed by atoms with Crippen LogP contribution in [0.1, 0.15) is 28.8 Å². The molecule has 8 nitrogen and oxygen atoms in total. The molecule has 1 aliphatic carbocycles. The molecule has 29 heavy (non-hydrogen) atoms. The van der Waals surface area contributed by atoms with Crippen molar-refractivity contribution in [2.45, 2.75) is 25.4 Å². The second kappa shape index (κ2) is 7.75. The summed E-state index contributed by atoms with van der Waals surface area (Å²) in [6, 6.07) is 14.5. The van der Waals surface area contributed by atoms with Gasteiger partial charge in [0.2, 0.25) is 0 Å². The van der Waals surface area contributed by atoms with Crippen LogP contribution in [0.3, 0.4) is 0 Å². The molecule has 2 aromatic carbocycles. The molecule has 4 rings (SSSR count). The molecule has 0 spiro atoms. The number of hydrogen-bond donors (Lipinski definition) is 2. The summed E-state index contributed by atoms with van der Waals surface area (Å²) in [5.41, 5.74) is 3.25. The molecule has 0 atom stereocenters. The minimum atomic E-state index is -0.475. The van der Waals surface area contributed by atoms with Gasteiger partial charge in [-0.2, -0.15) is 5.10 Å². The second-order valence-corrected chi connectivity index (χ2v) is 7.13. The monoisotopic (exact) mass is 391 g/mol. The van der Waals surface area contributed by atoms with Gasteiger partial charge in [0.15, 0.2) is 0 Å². The molecule has 0 radical (unpaired) electrons. The number of rotatable bonds is 7. The van der Waals surface area contributed by atoms with Crippen molar-refractivity contribution in [2.24, 2.45) is 7.05 Å². The topological polar surface area (TPSA) is 102 Å². The van der Waals surface area contributed by atoms with Crippen LogP contribution in [0.15, 0.2) is 54.7 Å². The first-order chi connectivity index (χ1) is 14.0. The lowest BCUT2D eigenvalue weighted by molar-refractivity contribution is -0.384. The third-order valence-corrected chi connectivity index (χ3v) is 4.79. The fourth-order valence-electron chi connectivity index (χ4n) is 3.17. The van der Waals surface area contributed by atoms with Crippen LogP contribution in [0.25, 0.3) is 11.3 Å². The lowest BCUT2D eigenvalue weighted by Crippen LogP contribution is -2.25. The Morgan fingerprint density at radius 2 is 2.00 bits per heavy atom. The highest BCUT2D eigenvalue weighted by Crippen LogP contribution is 2.28. The SMILES string of the molecule is Cn1cc(CNc2ccc(C(=O)NC3CC3)cc2[N+](=O)[O-])c(-c2ccccc2)n1. The third-order valence-electron chi connectivity index (χ3n) is 4.79. The Kier molecular flexibility index (Phi) is 4.99. The molecule has 0 bridgehead atoms. The van der Waals surface area contributed by atoms with Crippen molar-refractivity contribution in [3.8, 4) is 11.3 Å². The average molecular weight is 391 g/mol. The van der Waals surface area contributed by atoms with Gasteiger partial charge in [0.25, 0.3) is 11.6 Å². The number of nitrogens with one attached hydrogen (secondary N) is 2. The number of amides is 1. The van der Waals surface area contributed by atoms with E-state index in [0.29, 0.717) is 17.8 Å². The number of anilines is 1. The first kappa shape index (κ1) is 18.7. The van der Waals surface area contributed by atoms with Gasteiger partial charge < -0.3 is 10.6 Å². The normalized spacial score (nSPS) is 13.1. The van der Waals surface area contributed by atoms with Crippen LogP contribution in [-0.4, -0.2) is 26.7 Å². The summed E-state index contributed by atoms with van der Waals surface area (Å²) < 4.78 is 1.72. The van der Waals surface area contributed by atoms with Crippen LogP contribution in [0.5, 0.6) is 0 Å². The molecule has 1 saturated carbocycles. The Hall–Kier alpha value is -3.68. The summed E-state index contributed by atoms with van der Waals surface area (Å²) in [6.07, 6.45) is 3.81. The van der Waals surface area contributed by atoms with E-state index >= 15 is 0 Å². The molecule has 0 unspecified atom stereocenters. The molecule has 148 valence electrons. The van der Waals surface area contributed by atoms with Crippen LogP contribution in [0.2, 0.25) is 0 Å². The van der Waals surface area contributed by atoms with Crippen molar-refractivity contribution in [2.75, 3.05) is 5.32 Å². The smallest absolute Gasteiger partial charge is 0.293 e. The van der Waals surface area contributed by atoms with E-state index in [1.807, 2.05) is 43.6 Å². The molecule has 8 heteroatoms. The van der Waals surface area contributed by atoms with Gasteiger partial charge in [-0.05, 0) is 25.0 Å². The summed E-state index contributed by atoms with van der Waals surface area (Å²) in [6.45, 7) is 0.368. The molecule has 0 saturated heterocycles. The van der Waals surface area contributed by atoms with E-state index in [-0.39, 0.29) is 17.6 Å². The van der Waals surface area contributed by atoms with Gasteiger partial charge in [0.05, 0.1) is 10.6 Å². The van der Waals surface area contributed by atoms with Gasteiger partial charge in [-0.25, -0.2) is 0 Å². The summed E-state index contributed by atoms with van der Waals surface area (Å²) in [5.74, 6) is -0.277. The largest absolute Gasteiger partial charge is 0.375 e. The van der Waals surface area contributed by atoms with E-state index in [0.717, 1.165) is 29.7 Å². The van der Waals surface area contributed by atoms with E-state index in [1.54, 1.807) is 16.8 Å². The maximum atomic E-state index is 12.2. The molecular weight excluding hydrogens is 370 g/mol. The fourth-order valence-corrected chi connectivity index (χ4v) is 3.17. The zero-order valence-corrected chi connectivity index (χ0v) is 16.0. The third kappa shape index (κ3) is 4.26. The van der Waals surface area contributed by atoms with Crippen molar-refractivity contribution >= 4 is 17.3 Å². The van der Waals surface area contributed by atoms with Crippen molar-refractivity contribution in [1.82, 2.24) is 15.1 Å². The number of nitro benzene ring substituents is 1. The highest BCUT2D eigenvalue weighted by Gasteiger charge is 2.25. The van der Waals surface area contributed by atoms with Crippen LogP contribution in [-0.2, 0) is 13.6 Å². The first-order valence-corrected chi connectivity index (χ1v) is 9.42. The van der Waals surface area contributed by atoms with Crippen molar-refractivity contribution in [3.63, 3.8) is 0 Å². The minimum Gasteiger partial charge on any atom is -0.375 e. The van der Waals surface area contributed by atoms with Gasteiger partial charge in [0.1, 0.15) is 5.69 Å². The van der Waals surface area contributed by atoms with Gasteiger partial charge in [-0.1, -0.05) is 30.3 Å². The Balaban J connectivity index is 1.55. The predicted octanol–water partition coefficient (Wildman–Crippen LogP) is 3.50. The summed E-state index contributed by atoms with van der Waals surface area (Å²) in [7, 11) is 1.84. The van der Waals surface area contributed by atoms with E-state index in [4.69, 9.17) is 0 Å². The lowest BCUT2D eigenvalue weighted by Gasteiger charge is -2.09. The van der Waals surface area contributed by atoms with Crippen molar-refractivity contribution < 1.29 is 9.72 Å². The Bertz CT molecular complexity index is 1060. The number of hydrogen-bond acceptors (Lipinski definition) is 5. The number of nitro groups is 1. The molecular formula is C21H21N5O3. The number of aryl methyl sites for hydroxylation is 1. The summed E-state index contributed by atoms with van der Waals surface area (Å²) in [5, 5.41) is 22.0. The van der Waals surface area contributed by atoms with Crippen LogP contribution in [0, 0.1) is 10.1 Å². The van der Waals surface area contributed by atoms with E-state index < -0.39 is 4.92 Å². The maximum absolute atomic E-state index is 12.2. The number of benzene rings is 2. The Labute approximate surface area is 167 Å². The van der Waals surface area contributed by atoms with Crippen LogP contribution >= 0.6 is 0 Å². The summed E-state index contributed by atoms with van der Waals surface area (Å²) >= 11 is 0. The molecule has 1 heterocycles. The van der Waals surface area contributed by atoms with Crippen LogP contribution < -0.4 is 10.6 Å². The highest BCUT2D eigenvalue weighted by atomic mass is 16.6. The summed E-state index contributed by atoms with van der Waals surface area (Å²) in [4.78, 5) is 23.3. The van der Waals surface area contributed by atoms with Gasteiger partial charge >= 0.3 is 0 Å². The van der Waals surface area contributed by atoms with Crippen molar-refractivity contribution in [3.05, 3.63) is 76.0 Å². The molecule has 1 aliphatic rings. The van der Waals surface area contributed by atoms with Gasteiger partial charge in [-0.15, -0.1) is 0 Å². The highest BCUT2D eigenvalue weighted by molar-refractivity contribution is 5.96. The molecule has 3 aromatic rings. The zero-order chi connectivity index (χ0) is 20.4. The Morgan fingerprint density at radius 1 is 1.24 bits per heavy atom. The lowest BCUT2D eigenvalue weighted by atomic mass is 10.1. The molecule has 1 amide bonds. The molecule has 0 aliphatic heterocycles. The number of carbonyl (C=O) groups is 1. The van der Waals surface area contributed by atoms with Gasteiger partial charge in [-0.3, -0.25) is 19.6 Å². The van der Waals surface area contributed by atoms with E-state index in [1.165, 1.54) is 6.07 Å². The number of carbonyl (C=O) groups excluding carboxylic acids is 1. The number of nitrogens with zero attached hydrogens (tertiary/aromatic N) is 3. The van der Waals surface area contributed by atoms with Crippen LogP contribution in [0.4, 0.5) is 11.4 Å². The standard InChI is InChI=1S/C21H21N5O3/c1-25-13-16(20(24-25)14-5-3-2-4-6-14)12-22-18-10-7-15(11-19(18)26(28)29)21(27)23-17-8-9-17/h2-7,10-11,13,17,22H,8-9,12H2,1H3,(H,23,27). The number of aromatic nitrogens is 2. The maximum Gasteiger partial charge on any atom is 0.293 e. The van der Waals surface area contributed by atoms with Crippen molar-refractivity contribution in [1.29, 1.82) is 0 Å². The molecule has 1 fully saturated rings. The first-order valence-electron chi connectivity index (χ1n) is 9.42. The predicted molar refractivity (Wildman–Crippen MR) is 110 cm³/mol. The van der Waals surface area contributed by atoms with Gasteiger partial charge in [0, 0.05) is 48.6 Å². The average Bonchev–Trinajstić information content (AvgIpc) is 3.46. The Morgan fingerprint density at radius 3 is 2.69 bits per heavy atom. The minimum absolute atomic E-state index is 0.126. The zero-order valence-electron chi connectivity index (χ0n) is 16.0.